The zero-order valence-corrected chi connectivity index (χ0v) is 40.1. The molecule has 350 valence electrons. The number of hydrogen-bond donors (Lipinski definition) is 0. The summed E-state index contributed by atoms with van der Waals surface area (Å²) in [4.78, 5) is 37.9. The second-order valence-electron chi connectivity index (χ2n) is 18.2. The topological polar surface area (TPSA) is 78.9 Å². The first-order chi connectivity index (χ1) is 29.0. The van der Waals surface area contributed by atoms with Gasteiger partial charge in [-0.25, -0.2) is 0 Å². The molecule has 6 heteroatoms. The molecule has 0 aliphatic carbocycles. The van der Waals surface area contributed by atoms with E-state index in [1.54, 1.807) is 0 Å². The van der Waals surface area contributed by atoms with Crippen LogP contribution >= 0.6 is 0 Å². The average molecular weight is 835 g/mol. The Kier molecular flexibility index (Phi) is 47.7. The molecule has 0 N–H and O–H groups in total. The third-order valence-corrected chi connectivity index (χ3v) is 12.1. The minimum absolute atomic E-state index is 0.0617. The predicted octanol–water partition coefficient (Wildman–Crippen LogP) is 17.2. The fourth-order valence-electron chi connectivity index (χ4n) is 8.09. The van der Waals surface area contributed by atoms with E-state index in [0.29, 0.717) is 19.3 Å². The summed E-state index contributed by atoms with van der Waals surface area (Å²) in [6, 6.07) is 0. The van der Waals surface area contributed by atoms with Gasteiger partial charge in [0.05, 0.1) is 0 Å². The highest BCUT2D eigenvalue weighted by atomic mass is 16.6. The molecule has 0 bridgehead atoms. The molecule has 59 heavy (non-hydrogen) atoms. The highest BCUT2D eigenvalue weighted by Crippen LogP contribution is 2.17. The molecule has 0 fully saturated rings. The number of carbonyl (C=O) groups is 3. The van der Waals surface area contributed by atoms with Gasteiger partial charge in [-0.05, 0) is 19.3 Å². The van der Waals surface area contributed by atoms with E-state index in [-0.39, 0.29) is 31.1 Å². The van der Waals surface area contributed by atoms with Crippen LogP contribution in [0, 0.1) is 0 Å². The van der Waals surface area contributed by atoms with Gasteiger partial charge in [0, 0.05) is 19.3 Å². The highest BCUT2D eigenvalue weighted by molar-refractivity contribution is 5.71. The maximum atomic E-state index is 12.8. The normalized spacial score (nSPS) is 11.8. The van der Waals surface area contributed by atoms with E-state index in [0.717, 1.165) is 57.8 Å². The van der Waals surface area contributed by atoms with Crippen molar-refractivity contribution < 1.29 is 28.6 Å². The van der Waals surface area contributed by atoms with E-state index in [9.17, 15) is 14.4 Å². The molecule has 0 saturated carbocycles. The third-order valence-electron chi connectivity index (χ3n) is 12.1. The third kappa shape index (κ3) is 47.3. The van der Waals surface area contributed by atoms with Crippen molar-refractivity contribution >= 4 is 17.9 Å². The lowest BCUT2D eigenvalue weighted by Gasteiger charge is -2.18. The summed E-state index contributed by atoms with van der Waals surface area (Å²) in [7, 11) is 0. The second-order valence-corrected chi connectivity index (χ2v) is 18.2. The predicted molar refractivity (Wildman–Crippen MR) is 252 cm³/mol. The van der Waals surface area contributed by atoms with E-state index >= 15 is 0 Å². The van der Waals surface area contributed by atoms with Crippen molar-refractivity contribution in [3.8, 4) is 0 Å². The summed E-state index contributed by atoms with van der Waals surface area (Å²) in [6.07, 6.45) is 52.3. The molecular weight excluding hydrogens is 733 g/mol. The molecule has 0 aliphatic heterocycles. The number of esters is 3. The van der Waals surface area contributed by atoms with Gasteiger partial charge in [0.15, 0.2) is 6.10 Å². The minimum atomic E-state index is -0.759. The van der Waals surface area contributed by atoms with Crippen molar-refractivity contribution in [1.29, 1.82) is 0 Å². The van der Waals surface area contributed by atoms with E-state index in [2.05, 4.69) is 20.8 Å². The van der Waals surface area contributed by atoms with Gasteiger partial charge in [-0.1, -0.05) is 265 Å². The minimum Gasteiger partial charge on any atom is -0.462 e. The maximum Gasteiger partial charge on any atom is 0.306 e. The summed E-state index contributed by atoms with van der Waals surface area (Å²) in [6.45, 7) is 6.68. The van der Waals surface area contributed by atoms with Crippen molar-refractivity contribution in [1.82, 2.24) is 0 Å². The van der Waals surface area contributed by atoms with Gasteiger partial charge in [0.25, 0.3) is 0 Å². The molecular formula is C53H102O6. The molecule has 0 aromatic carbocycles. The monoisotopic (exact) mass is 835 g/mol. The summed E-state index contributed by atoms with van der Waals surface area (Å²) in [5, 5.41) is 0. The van der Waals surface area contributed by atoms with Gasteiger partial charge >= 0.3 is 17.9 Å². The largest absolute Gasteiger partial charge is 0.462 e. The standard InChI is InChI=1S/C53H102O6/c1-4-7-10-13-16-19-22-24-26-28-30-32-35-38-41-44-47-53(56)59-50(48-57-51(54)45-42-39-36-33-21-18-15-12-9-6-3)49-58-52(55)46-43-40-37-34-31-29-27-25-23-20-17-14-11-8-5-2/h50H,4-49H2,1-3H3/t50-/m0/s1. The van der Waals surface area contributed by atoms with Crippen LogP contribution in [0.15, 0.2) is 0 Å². The first-order valence-corrected chi connectivity index (χ1v) is 26.5. The molecule has 0 rings (SSSR count). The summed E-state index contributed by atoms with van der Waals surface area (Å²) < 4.78 is 16.8. The molecule has 0 aromatic rings. The van der Waals surface area contributed by atoms with Crippen molar-refractivity contribution in [3.63, 3.8) is 0 Å². The smallest absolute Gasteiger partial charge is 0.306 e. The van der Waals surface area contributed by atoms with Gasteiger partial charge in [0.2, 0.25) is 0 Å². The number of hydrogen-bond acceptors (Lipinski definition) is 6. The van der Waals surface area contributed by atoms with Gasteiger partial charge in [-0.15, -0.1) is 0 Å². The molecule has 0 saturated heterocycles. The van der Waals surface area contributed by atoms with E-state index in [1.807, 2.05) is 0 Å². The zero-order valence-electron chi connectivity index (χ0n) is 40.1. The van der Waals surface area contributed by atoms with Crippen LogP contribution in [0.5, 0.6) is 0 Å². The Hall–Kier alpha value is -1.59. The van der Waals surface area contributed by atoms with Crippen LogP contribution in [-0.4, -0.2) is 37.2 Å². The Morgan fingerprint density at radius 1 is 0.271 bits per heavy atom. The average Bonchev–Trinajstić information content (AvgIpc) is 3.23. The lowest BCUT2D eigenvalue weighted by Crippen LogP contribution is -2.30. The van der Waals surface area contributed by atoms with Gasteiger partial charge in [-0.3, -0.25) is 14.4 Å². The van der Waals surface area contributed by atoms with Gasteiger partial charge in [0.1, 0.15) is 13.2 Å². The van der Waals surface area contributed by atoms with Crippen molar-refractivity contribution in [3.05, 3.63) is 0 Å². The van der Waals surface area contributed by atoms with Crippen LogP contribution in [0.2, 0.25) is 0 Å². The zero-order chi connectivity index (χ0) is 43.0. The van der Waals surface area contributed by atoms with Gasteiger partial charge in [-0.2, -0.15) is 0 Å². The van der Waals surface area contributed by atoms with Crippen LogP contribution in [-0.2, 0) is 28.6 Å². The number of unbranched alkanes of at least 4 members (excludes halogenated alkanes) is 38. The Labute approximate surface area is 368 Å². The molecule has 6 nitrogen and oxygen atoms in total. The number of ether oxygens (including phenoxy) is 3. The first kappa shape index (κ1) is 57.4. The molecule has 0 amide bonds. The summed E-state index contributed by atoms with van der Waals surface area (Å²) in [5.41, 5.74) is 0. The molecule has 1 atom stereocenters. The Bertz CT molecular complexity index is 874. The van der Waals surface area contributed by atoms with Crippen molar-refractivity contribution in [2.24, 2.45) is 0 Å². The van der Waals surface area contributed by atoms with E-state index in [4.69, 9.17) is 14.2 Å². The summed E-state index contributed by atoms with van der Waals surface area (Å²) >= 11 is 0. The van der Waals surface area contributed by atoms with Crippen molar-refractivity contribution in [2.75, 3.05) is 13.2 Å². The van der Waals surface area contributed by atoms with Crippen molar-refractivity contribution in [2.45, 2.75) is 309 Å². The van der Waals surface area contributed by atoms with Crippen LogP contribution in [0.1, 0.15) is 303 Å². The Morgan fingerprint density at radius 3 is 0.678 bits per heavy atom. The van der Waals surface area contributed by atoms with Crippen LogP contribution in [0.4, 0.5) is 0 Å². The summed E-state index contributed by atoms with van der Waals surface area (Å²) in [5.74, 6) is -0.840. The molecule has 0 radical (unpaired) electrons. The fraction of sp³-hybridized carbons (Fsp3) is 0.943. The van der Waals surface area contributed by atoms with E-state index in [1.165, 1.54) is 205 Å². The fourth-order valence-corrected chi connectivity index (χ4v) is 8.09. The molecule has 0 aliphatic rings. The molecule has 0 spiro atoms. The lowest BCUT2D eigenvalue weighted by atomic mass is 10.0. The molecule has 0 heterocycles. The quantitative estimate of drug-likeness (QED) is 0.0345. The second kappa shape index (κ2) is 49.1. The maximum absolute atomic E-state index is 12.8. The number of rotatable bonds is 49. The van der Waals surface area contributed by atoms with E-state index < -0.39 is 6.10 Å². The highest BCUT2D eigenvalue weighted by Gasteiger charge is 2.19. The molecule has 0 aromatic heterocycles. The SMILES string of the molecule is CCCCCCCCCCCCCCCCCCC(=O)O[C@@H](COC(=O)CCCCCCCCCCCC)COC(=O)CCCCCCCCCCCCCCCCC. The van der Waals surface area contributed by atoms with Crippen LogP contribution < -0.4 is 0 Å². The lowest BCUT2D eigenvalue weighted by molar-refractivity contribution is -0.167. The Morgan fingerprint density at radius 2 is 0.458 bits per heavy atom. The van der Waals surface area contributed by atoms with Crippen LogP contribution in [0.25, 0.3) is 0 Å². The van der Waals surface area contributed by atoms with Gasteiger partial charge < -0.3 is 14.2 Å². The Balaban J connectivity index is 4.27. The number of carbonyl (C=O) groups excluding carboxylic acids is 3. The van der Waals surface area contributed by atoms with Crippen LogP contribution in [0.3, 0.4) is 0 Å². The first-order valence-electron chi connectivity index (χ1n) is 26.5. The molecule has 0 unspecified atom stereocenters.